The maximum atomic E-state index is 12.0. The van der Waals surface area contributed by atoms with Crippen molar-refractivity contribution in [2.24, 2.45) is 0 Å². The zero-order chi connectivity index (χ0) is 25.8. The lowest BCUT2D eigenvalue weighted by molar-refractivity contribution is 0.193. The molecule has 0 aliphatic heterocycles. The third-order valence-corrected chi connectivity index (χ3v) is 6.88. The summed E-state index contributed by atoms with van der Waals surface area (Å²) in [4.78, 5) is 16.7. The first kappa shape index (κ1) is 27.6. The topological polar surface area (TPSA) is 77.9 Å². The summed E-state index contributed by atoms with van der Waals surface area (Å²) in [5, 5.41) is 13.1. The van der Waals surface area contributed by atoms with Crippen LogP contribution >= 0.6 is 11.3 Å². The van der Waals surface area contributed by atoms with Gasteiger partial charge in [0, 0.05) is 10.9 Å². The van der Waals surface area contributed by atoms with Gasteiger partial charge in [0.2, 0.25) is 0 Å². The van der Waals surface area contributed by atoms with E-state index in [4.69, 9.17) is 19.2 Å². The molecule has 0 saturated carbocycles. The average Bonchev–Trinajstić information content (AvgIpc) is 3.37. The smallest absolute Gasteiger partial charge is 0.176 e. The Kier molecular flexibility index (Phi) is 11.1. The van der Waals surface area contributed by atoms with Crippen molar-refractivity contribution in [3.8, 4) is 22.1 Å². The number of aromatic nitrogens is 1. The van der Waals surface area contributed by atoms with Crippen molar-refractivity contribution < 1.29 is 24.1 Å². The highest BCUT2D eigenvalue weighted by Gasteiger charge is 2.28. The second kappa shape index (κ2) is 14.5. The fraction of sp³-hybridized carbons (Fsp3) is 0.483. The van der Waals surface area contributed by atoms with Crippen molar-refractivity contribution in [2.45, 2.75) is 71.6 Å². The largest absolute Gasteiger partial charge is 0.504 e. The SMILES string of the molecule is CCCCCCCCCOC1=C(O)C=CC(c2csc(-c3ccc(OCC)c(OCC)c3)n2)C1=C=O. The Morgan fingerprint density at radius 1 is 0.972 bits per heavy atom. The zero-order valence-corrected chi connectivity index (χ0v) is 22.4. The number of benzene rings is 1. The number of rotatable bonds is 15. The zero-order valence-electron chi connectivity index (χ0n) is 21.5. The van der Waals surface area contributed by atoms with Crippen LogP contribution in [0.5, 0.6) is 11.5 Å². The van der Waals surface area contributed by atoms with Gasteiger partial charge in [0.25, 0.3) is 0 Å². The van der Waals surface area contributed by atoms with Crippen molar-refractivity contribution in [1.82, 2.24) is 4.98 Å². The van der Waals surface area contributed by atoms with E-state index in [1.807, 2.05) is 43.4 Å². The first-order chi connectivity index (χ1) is 17.6. The van der Waals surface area contributed by atoms with Crippen LogP contribution in [0.15, 0.2) is 52.8 Å². The van der Waals surface area contributed by atoms with Gasteiger partial charge in [0.15, 0.2) is 23.0 Å². The summed E-state index contributed by atoms with van der Waals surface area (Å²) in [6.45, 7) is 7.62. The maximum Gasteiger partial charge on any atom is 0.176 e. The summed E-state index contributed by atoms with van der Waals surface area (Å²) >= 11 is 1.49. The minimum Gasteiger partial charge on any atom is -0.504 e. The van der Waals surface area contributed by atoms with Gasteiger partial charge in [0.05, 0.1) is 37.0 Å². The molecule has 3 rings (SSSR count). The number of allylic oxidation sites excluding steroid dienone is 3. The van der Waals surface area contributed by atoms with Crippen molar-refractivity contribution >= 4 is 17.3 Å². The number of ether oxygens (including phenoxy) is 3. The second-order valence-corrected chi connectivity index (χ2v) is 9.50. The van der Waals surface area contributed by atoms with Crippen LogP contribution in [0.25, 0.3) is 10.6 Å². The monoisotopic (exact) mass is 511 g/mol. The lowest BCUT2D eigenvalue weighted by Crippen LogP contribution is -2.13. The van der Waals surface area contributed by atoms with Gasteiger partial charge in [-0.3, -0.25) is 0 Å². The summed E-state index contributed by atoms with van der Waals surface area (Å²) in [7, 11) is 0. The molecule has 7 heteroatoms. The third-order valence-electron chi connectivity index (χ3n) is 5.97. The molecule has 1 atom stereocenters. The minimum atomic E-state index is -0.429. The Balaban J connectivity index is 1.68. The van der Waals surface area contributed by atoms with Crippen molar-refractivity contribution in [2.75, 3.05) is 19.8 Å². The second-order valence-electron chi connectivity index (χ2n) is 8.64. The lowest BCUT2D eigenvalue weighted by Gasteiger charge is -2.20. The molecule has 1 aliphatic rings. The molecular formula is C29H37NO5S. The molecule has 194 valence electrons. The normalized spacial score (nSPS) is 15.2. The molecule has 0 amide bonds. The standard InChI is InChI=1S/C29H37NO5S/c1-4-7-8-9-10-11-12-17-35-28-23(19-31)22(14-15-25(28)32)24-20-36-29(30-24)21-13-16-26(33-5-2)27(18-21)34-6-3/h13-16,18,20,22,32H,4-12,17H2,1-3H3. The van der Waals surface area contributed by atoms with Gasteiger partial charge in [-0.1, -0.05) is 51.5 Å². The molecule has 1 heterocycles. The van der Waals surface area contributed by atoms with E-state index in [9.17, 15) is 9.90 Å². The third kappa shape index (κ3) is 7.25. The van der Waals surface area contributed by atoms with E-state index in [1.165, 1.54) is 43.4 Å². The first-order valence-electron chi connectivity index (χ1n) is 13.0. The lowest BCUT2D eigenvalue weighted by atomic mass is 9.91. The number of thiazole rings is 1. The Labute approximate surface area is 218 Å². The molecule has 1 aliphatic carbocycles. The minimum absolute atomic E-state index is 0.0455. The van der Waals surface area contributed by atoms with Crippen LogP contribution in [-0.4, -0.2) is 35.9 Å². The van der Waals surface area contributed by atoms with Crippen LogP contribution in [0, 0.1) is 0 Å². The number of unbranched alkanes of at least 4 members (excludes halogenated alkanes) is 6. The van der Waals surface area contributed by atoms with E-state index >= 15 is 0 Å². The molecule has 0 fully saturated rings. The van der Waals surface area contributed by atoms with Crippen LogP contribution in [-0.2, 0) is 9.53 Å². The van der Waals surface area contributed by atoms with E-state index in [-0.39, 0.29) is 17.1 Å². The number of hydrogen-bond donors (Lipinski definition) is 1. The summed E-state index contributed by atoms with van der Waals surface area (Å²) in [6, 6.07) is 5.76. The highest BCUT2D eigenvalue weighted by Crippen LogP contribution is 2.39. The molecule has 0 bridgehead atoms. The molecular weight excluding hydrogens is 474 g/mol. The van der Waals surface area contributed by atoms with Crippen LogP contribution in [0.3, 0.4) is 0 Å². The van der Waals surface area contributed by atoms with E-state index in [0.29, 0.717) is 37.0 Å². The molecule has 2 aromatic rings. The predicted molar refractivity (Wildman–Crippen MR) is 145 cm³/mol. The number of aliphatic hydroxyl groups excluding tert-OH is 1. The van der Waals surface area contributed by atoms with E-state index in [2.05, 4.69) is 6.92 Å². The molecule has 6 nitrogen and oxygen atoms in total. The van der Waals surface area contributed by atoms with Crippen LogP contribution < -0.4 is 9.47 Å². The molecule has 0 spiro atoms. The number of hydrogen-bond acceptors (Lipinski definition) is 7. The molecule has 0 radical (unpaired) electrons. The summed E-state index contributed by atoms with van der Waals surface area (Å²) < 4.78 is 17.3. The summed E-state index contributed by atoms with van der Waals surface area (Å²) in [6.07, 6.45) is 11.5. The maximum absolute atomic E-state index is 12.0. The van der Waals surface area contributed by atoms with Crippen LogP contribution in [0.1, 0.15) is 77.3 Å². The number of carbonyl (C=O) groups excluding carboxylic acids is 1. The van der Waals surface area contributed by atoms with E-state index < -0.39 is 5.92 Å². The Morgan fingerprint density at radius 3 is 2.42 bits per heavy atom. The van der Waals surface area contributed by atoms with E-state index in [1.54, 1.807) is 12.2 Å². The first-order valence-corrected chi connectivity index (χ1v) is 13.9. The molecule has 1 aromatic carbocycles. The average molecular weight is 512 g/mol. The van der Waals surface area contributed by atoms with E-state index in [0.717, 1.165) is 23.4 Å². The molecule has 36 heavy (non-hydrogen) atoms. The van der Waals surface area contributed by atoms with Gasteiger partial charge in [-0.15, -0.1) is 11.3 Å². The van der Waals surface area contributed by atoms with Gasteiger partial charge in [-0.05, 0) is 44.5 Å². The Morgan fingerprint density at radius 2 is 1.69 bits per heavy atom. The number of nitrogens with zero attached hydrogens (tertiary/aromatic N) is 1. The van der Waals surface area contributed by atoms with Crippen LogP contribution in [0.4, 0.5) is 0 Å². The molecule has 0 saturated heterocycles. The van der Waals surface area contributed by atoms with Gasteiger partial charge >= 0.3 is 0 Å². The summed E-state index contributed by atoms with van der Waals surface area (Å²) in [5.74, 6) is 3.11. The Hall–Kier alpha value is -3.02. The highest BCUT2D eigenvalue weighted by molar-refractivity contribution is 7.13. The molecule has 1 unspecified atom stereocenters. The fourth-order valence-electron chi connectivity index (χ4n) is 4.13. The summed E-state index contributed by atoms with van der Waals surface area (Å²) in [5.41, 5.74) is 1.89. The molecule has 1 aromatic heterocycles. The molecule has 1 N–H and O–H groups in total. The Bertz CT molecular complexity index is 1100. The number of aliphatic hydroxyl groups is 1. The van der Waals surface area contributed by atoms with Crippen molar-refractivity contribution in [3.63, 3.8) is 0 Å². The van der Waals surface area contributed by atoms with Crippen molar-refractivity contribution in [3.05, 3.63) is 58.5 Å². The van der Waals surface area contributed by atoms with Gasteiger partial charge in [-0.25, -0.2) is 9.78 Å². The van der Waals surface area contributed by atoms with Gasteiger partial charge in [0.1, 0.15) is 10.9 Å². The van der Waals surface area contributed by atoms with Crippen LogP contribution in [0.2, 0.25) is 0 Å². The fourth-order valence-corrected chi connectivity index (χ4v) is 4.98. The van der Waals surface area contributed by atoms with Crippen molar-refractivity contribution in [1.29, 1.82) is 0 Å². The van der Waals surface area contributed by atoms with Gasteiger partial charge < -0.3 is 19.3 Å². The quantitative estimate of drug-likeness (QED) is 0.196. The predicted octanol–water partition coefficient (Wildman–Crippen LogP) is 7.56. The van der Waals surface area contributed by atoms with Gasteiger partial charge in [-0.2, -0.15) is 0 Å². The highest BCUT2D eigenvalue weighted by atomic mass is 32.1.